The maximum Gasteiger partial charge on any atom is 0.321 e. The van der Waals surface area contributed by atoms with Crippen molar-refractivity contribution in [2.45, 2.75) is 13.0 Å². The topological polar surface area (TPSA) is 88.0 Å². The minimum atomic E-state index is -0.535. The molecular formula is C9H15N5O2. The van der Waals surface area contributed by atoms with Crippen molar-refractivity contribution < 1.29 is 9.59 Å². The Morgan fingerprint density at radius 1 is 1.50 bits per heavy atom. The lowest BCUT2D eigenvalue weighted by atomic mass is 10.3. The van der Waals surface area contributed by atoms with Crippen LogP contribution in [0.2, 0.25) is 0 Å². The van der Waals surface area contributed by atoms with Crippen molar-refractivity contribution in [1.82, 2.24) is 20.4 Å². The molecule has 1 unspecified atom stereocenters. The van der Waals surface area contributed by atoms with Crippen LogP contribution in [0.25, 0.3) is 0 Å². The lowest BCUT2D eigenvalue weighted by Crippen LogP contribution is -2.44. The number of carbonyl (C=O) groups excluding carboxylic acids is 2. The number of nitrogens with one attached hydrogen (secondary N) is 3. The first-order valence-corrected chi connectivity index (χ1v) is 4.81. The molecule has 16 heavy (non-hydrogen) atoms. The van der Waals surface area contributed by atoms with Gasteiger partial charge >= 0.3 is 6.03 Å². The van der Waals surface area contributed by atoms with E-state index in [-0.39, 0.29) is 0 Å². The molecule has 0 aliphatic carbocycles. The average molecular weight is 225 g/mol. The maximum atomic E-state index is 11.5. The molecule has 1 aromatic rings. The Kier molecular flexibility index (Phi) is 3.87. The molecule has 0 fully saturated rings. The van der Waals surface area contributed by atoms with Gasteiger partial charge in [-0.3, -0.25) is 14.8 Å². The summed E-state index contributed by atoms with van der Waals surface area (Å²) in [6.07, 6.45) is 1.76. The highest BCUT2D eigenvalue weighted by Gasteiger charge is 2.15. The molecule has 3 N–H and O–H groups in total. The molecule has 88 valence electrons. The Labute approximate surface area is 93.2 Å². The van der Waals surface area contributed by atoms with Crippen molar-refractivity contribution in [2.24, 2.45) is 7.05 Å². The second kappa shape index (κ2) is 5.15. The number of urea groups is 1. The van der Waals surface area contributed by atoms with Gasteiger partial charge < -0.3 is 10.6 Å². The van der Waals surface area contributed by atoms with E-state index < -0.39 is 18.0 Å². The van der Waals surface area contributed by atoms with Crippen molar-refractivity contribution in [3.05, 3.63) is 12.3 Å². The molecule has 0 aromatic carbocycles. The molecule has 0 saturated heterocycles. The van der Waals surface area contributed by atoms with Gasteiger partial charge in [0.15, 0.2) is 0 Å². The average Bonchev–Trinajstić information content (AvgIpc) is 2.63. The van der Waals surface area contributed by atoms with E-state index in [4.69, 9.17) is 0 Å². The van der Waals surface area contributed by atoms with Gasteiger partial charge in [-0.2, -0.15) is 5.10 Å². The summed E-state index contributed by atoms with van der Waals surface area (Å²) in [5.41, 5.74) is 0. The number of anilines is 1. The first-order chi connectivity index (χ1) is 7.52. The summed E-state index contributed by atoms with van der Waals surface area (Å²) in [5, 5.41) is 11.4. The van der Waals surface area contributed by atoms with Gasteiger partial charge in [0.05, 0.1) is 0 Å². The summed E-state index contributed by atoms with van der Waals surface area (Å²) < 4.78 is 1.62. The van der Waals surface area contributed by atoms with Crippen LogP contribution in [0.15, 0.2) is 12.3 Å². The van der Waals surface area contributed by atoms with Crippen LogP contribution in [-0.2, 0) is 11.8 Å². The lowest BCUT2D eigenvalue weighted by Gasteiger charge is -2.12. The van der Waals surface area contributed by atoms with E-state index >= 15 is 0 Å². The van der Waals surface area contributed by atoms with E-state index in [9.17, 15) is 9.59 Å². The maximum absolute atomic E-state index is 11.5. The Balaban J connectivity index is 2.48. The Hall–Kier alpha value is -2.05. The first-order valence-electron chi connectivity index (χ1n) is 4.81. The van der Waals surface area contributed by atoms with E-state index in [0.29, 0.717) is 5.82 Å². The number of carbonyl (C=O) groups is 2. The minimum Gasteiger partial charge on any atom is -0.357 e. The number of amides is 3. The van der Waals surface area contributed by atoms with Crippen LogP contribution < -0.4 is 16.0 Å². The fourth-order valence-electron chi connectivity index (χ4n) is 1.06. The number of aryl methyl sites for hydroxylation is 1. The summed E-state index contributed by atoms with van der Waals surface area (Å²) in [7, 11) is 3.22. The van der Waals surface area contributed by atoms with Crippen LogP contribution in [0.3, 0.4) is 0 Å². The predicted molar refractivity (Wildman–Crippen MR) is 58.9 cm³/mol. The molecule has 0 spiro atoms. The molecule has 3 amide bonds. The molecule has 1 aromatic heterocycles. The van der Waals surface area contributed by atoms with E-state index in [0.717, 1.165) is 0 Å². The van der Waals surface area contributed by atoms with Crippen molar-refractivity contribution >= 4 is 17.8 Å². The van der Waals surface area contributed by atoms with Crippen molar-refractivity contribution in [2.75, 3.05) is 12.4 Å². The van der Waals surface area contributed by atoms with Gasteiger partial charge in [0, 0.05) is 26.4 Å². The van der Waals surface area contributed by atoms with E-state index in [1.54, 1.807) is 30.9 Å². The Morgan fingerprint density at radius 3 is 2.69 bits per heavy atom. The van der Waals surface area contributed by atoms with Gasteiger partial charge in [-0.05, 0) is 6.92 Å². The molecule has 0 saturated carbocycles. The quantitative estimate of drug-likeness (QED) is 0.657. The minimum absolute atomic E-state index is 0.412. The summed E-state index contributed by atoms with van der Waals surface area (Å²) in [4.78, 5) is 22.3. The monoisotopic (exact) mass is 225 g/mol. The molecule has 1 heterocycles. The normalized spacial score (nSPS) is 11.7. The highest BCUT2D eigenvalue weighted by molar-refractivity contribution is 5.97. The van der Waals surface area contributed by atoms with Crippen molar-refractivity contribution in [3.63, 3.8) is 0 Å². The number of imide groups is 1. The van der Waals surface area contributed by atoms with Gasteiger partial charge in [-0.15, -0.1) is 0 Å². The zero-order valence-electron chi connectivity index (χ0n) is 9.44. The molecule has 1 atom stereocenters. The standard InChI is InChI=1S/C9H15N5O2/c1-6(8(15)12-9(16)10-2)11-7-4-5-14(3)13-7/h4-6H,1-3H3,(H,11,13)(H2,10,12,15,16). The third-order valence-corrected chi connectivity index (χ3v) is 1.94. The van der Waals surface area contributed by atoms with E-state index in [1.807, 2.05) is 0 Å². The van der Waals surface area contributed by atoms with Gasteiger partial charge in [-0.25, -0.2) is 4.79 Å². The molecule has 1 rings (SSSR count). The van der Waals surface area contributed by atoms with E-state index in [1.165, 1.54) is 7.05 Å². The van der Waals surface area contributed by atoms with Crippen LogP contribution in [0.1, 0.15) is 6.92 Å². The first kappa shape index (κ1) is 12.0. The number of hydrogen-bond donors (Lipinski definition) is 3. The van der Waals surface area contributed by atoms with Crippen LogP contribution in [0.5, 0.6) is 0 Å². The third kappa shape index (κ3) is 3.26. The second-order valence-corrected chi connectivity index (χ2v) is 3.31. The lowest BCUT2D eigenvalue weighted by molar-refractivity contribution is -0.120. The molecule has 7 nitrogen and oxygen atoms in total. The molecule has 0 aliphatic heterocycles. The predicted octanol–water partition coefficient (Wildman–Crippen LogP) is -0.324. The Morgan fingerprint density at radius 2 is 2.19 bits per heavy atom. The fraction of sp³-hybridized carbons (Fsp3) is 0.444. The van der Waals surface area contributed by atoms with Crippen LogP contribution in [0.4, 0.5) is 10.6 Å². The summed E-state index contributed by atoms with van der Waals surface area (Å²) in [5.74, 6) is 0.173. The second-order valence-electron chi connectivity index (χ2n) is 3.31. The van der Waals surface area contributed by atoms with Crippen LogP contribution >= 0.6 is 0 Å². The summed E-state index contributed by atoms with van der Waals surface area (Å²) in [6.45, 7) is 1.65. The highest BCUT2D eigenvalue weighted by Crippen LogP contribution is 2.03. The van der Waals surface area contributed by atoms with Crippen LogP contribution in [-0.4, -0.2) is 34.8 Å². The molecule has 7 heteroatoms. The van der Waals surface area contributed by atoms with Crippen LogP contribution in [0, 0.1) is 0 Å². The highest BCUT2D eigenvalue weighted by atomic mass is 16.2. The number of nitrogens with zero attached hydrogens (tertiary/aromatic N) is 2. The Bertz CT molecular complexity index is 387. The SMILES string of the molecule is CNC(=O)NC(=O)C(C)Nc1ccn(C)n1. The number of hydrogen-bond acceptors (Lipinski definition) is 4. The third-order valence-electron chi connectivity index (χ3n) is 1.94. The van der Waals surface area contributed by atoms with Gasteiger partial charge in [0.2, 0.25) is 5.91 Å². The van der Waals surface area contributed by atoms with Gasteiger partial charge in [-0.1, -0.05) is 0 Å². The van der Waals surface area contributed by atoms with Crippen molar-refractivity contribution in [3.8, 4) is 0 Å². The molecule has 0 radical (unpaired) electrons. The molecule has 0 bridgehead atoms. The fourth-order valence-corrected chi connectivity index (χ4v) is 1.06. The smallest absolute Gasteiger partial charge is 0.321 e. The van der Waals surface area contributed by atoms with Crippen molar-refractivity contribution in [1.29, 1.82) is 0 Å². The number of aromatic nitrogens is 2. The zero-order chi connectivity index (χ0) is 12.1. The summed E-state index contributed by atoms with van der Waals surface area (Å²) >= 11 is 0. The van der Waals surface area contributed by atoms with Gasteiger partial charge in [0.1, 0.15) is 11.9 Å². The molecule has 0 aliphatic rings. The zero-order valence-corrected chi connectivity index (χ0v) is 9.44. The van der Waals surface area contributed by atoms with E-state index in [2.05, 4.69) is 21.0 Å². The number of rotatable bonds is 3. The summed E-state index contributed by atoms with van der Waals surface area (Å²) in [6, 6.07) is 0.677. The largest absolute Gasteiger partial charge is 0.357 e. The van der Waals surface area contributed by atoms with Gasteiger partial charge in [0.25, 0.3) is 0 Å². The molecular weight excluding hydrogens is 210 g/mol.